The summed E-state index contributed by atoms with van der Waals surface area (Å²) in [5.74, 6) is -0.292. The molecule has 1 unspecified atom stereocenters. The molecule has 0 radical (unpaired) electrons. The van der Waals surface area contributed by atoms with Crippen LogP contribution in [0.3, 0.4) is 0 Å². The summed E-state index contributed by atoms with van der Waals surface area (Å²) in [4.78, 5) is 11.5. The van der Waals surface area contributed by atoms with Crippen LogP contribution >= 0.6 is 0 Å². The van der Waals surface area contributed by atoms with Crippen molar-refractivity contribution in [2.24, 2.45) is 5.41 Å². The van der Waals surface area contributed by atoms with Crippen LogP contribution in [0.4, 0.5) is 0 Å². The average Bonchev–Trinajstić information content (AvgIpc) is 1.95. The van der Waals surface area contributed by atoms with Gasteiger partial charge in [0.25, 0.3) is 0 Å². The lowest BCUT2D eigenvalue weighted by Gasteiger charge is -2.25. The molecule has 0 N–H and O–H groups in total. The lowest BCUT2D eigenvalue weighted by molar-refractivity contribution is -0.167. The van der Waals surface area contributed by atoms with Gasteiger partial charge in [0, 0.05) is 0 Å². The molecule has 0 rings (SSSR count). The highest BCUT2D eigenvalue weighted by atomic mass is 16.6. The van der Waals surface area contributed by atoms with Gasteiger partial charge < -0.3 is 9.47 Å². The summed E-state index contributed by atoms with van der Waals surface area (Å²) in [7, 11) is 0. The van der Waals surface area contributed by atoms with Crippen LogP contribution < -0.4 is 0 Å². The molecule has 0 aromatic heterocycles. The number of rotatable bonds is 3. The zero-order valence-corrected chi connectivity index (χ0v) is 11.0. The Hall–Kier alpha value is -0.570. The van der Waals surface area contributed by atoms with E-state index < -0.39 is 6.10 Å². The monoisotopic (exact) mass is 216 g/mol. The van der Waals surface area contributed by atoms with E-state index >= 15 is 0 Å². The third-order valence-electron chi connectivity index (χ3n) is 1.51. The normalized spacial score (nSPS) is 14.9. The molecule has 0 heterocycles. The predicted molar refractivity (Wildman–Crippen MR) is 60.7 cm³/mol. The van der Waals surface area contributed by atoms with Crippen molar-refractivity contribution in [2.75, 3.05) is 6.61 Å². The molecule has 0 spiro atoms. The van der Waals surface area contributed by atoms with Gasteiger partial charge in [0.2, 0.25) is 0 Å². The van der Waals surface area contributed by atoms with E-state index in [4.69, 9.17) is 9.47 Å². The quantitative estimate of drug-likeness (QED) is 0.680. The van der Waals surface area contributed by atoms with Crippen molar-refractivity contribution in [3.63, 3.8) is 0 Å². The fourth-order valence-electron chi connectivity index (χ4n) is 0.983. The lowest BCUT2D eigenvalue weighted by atomic mass is 9.99. The summed E-state index contributed by atoms with van der Waals surface area (Å²) in [6.07, 6.45) is -0.507. The molecule has 0 aromatic carbocycles. The van der Waals surface area contributed by atoms with Gasteiger partial charge in [-0.15, -0.1) is 0 Å². The maximum atomic E-state index is 11.5. The zero-order chi connectivity index (χ0) is 12.3. The molecule has 1 atom stereocenters. The molecule has 15 heavy (non-hydrogen) atoms. The van der Waals surface area contributed by atoms with Crippen molar-refractivity contribution >= 4 is 5.97 Å². The molecule has 0 aromatic rings. The largest absolute Gasteiger partial charge is 0.463 e. The van der Waals surface area contributed by atoms with Crippen molar-refractivity contribution in [3.05, 3.63) is 0 Å². The molecule has 0 aliphatic rings. The number of hydrogen-bond donors (Lipinski definition) is 0. The van der Waals surface area contributed by atoms with Crippen LogP contribution in [0.15, 0.2) is 0 Å². The minimum Gasteiger partial charge on any atom is -0.463 e. The van der Waals surface area contributed by atoms with Gasteiger partial charge in [-0.1, -0.05) is 20.8 Å². The lowest BCUT2D eigenvalue weighted by Crippen LogP contribution is -2.33. The molecule has 0 aliphatic carbocycles. The van der Waals surface area contributed by atoms with Crippen molar-refractivity contribution in [3.8, 4) is 0 Å². The first kappa shape index (κ1) is 14.4. The molecular weight excluding hydrogens is 192 g/mol. The van der Waals surface area contributed by atoms with Crippen LogP contribution in [0.25, 0.3) is 0 Å². The molecule has 3 heteroatoms. The molecule has 0 saturated heterocycles. The van der Waals surface area contributed by atoms with Crippen molar-refractivity contribution < 1.29 is 14.3 Å². The highest BCUT2D eigenvalue weighted by Crippen LogP contribution is 2.15. The summed E-state index contributed by atoms with van der Waals surface area (Å²) >= 11 is 0. The Balaban J connectivity index is 4.01. The maximum Gasteiger partial charge on any atom is 0.335 e. The fourth-order valence-corrected chi connectivity index (χ4v) is 0.983. The zero-order valence-electron chi connectivity index (χ0n) is 11.0. The van der Waals surface area contributed by atoms with Gasteiger partial charge in [-0.05, 0) is 33.1 Å². The first-order valence-corrected chi connectivity index (χ1v) is 5.36. The standard InChI is InChI=1S/C12H24O3/c1-9(15-12(5,6)7)10(13)14-8-11(2,3)4/h9H,8H2,1-7H3. The molecule has 0 fully saturated rings. The second-order valence-corrected chi connectivity index (χ2v) is 6.04. The number of carbonyl (C=O) groups excluding carboxylic acids is 1. The molecule has 0 amide bonds. The van der Waals surface area contributed by atoms with E-state index in [0.717, 1.165) is 0 Å². The van der Waals surface area contributed by atoms with E-state index in [0.29, 0.717) is 6.61 Å². The number of esters is 1. The third kappa shape index (κ3) is 8.43. The molecular formula is C12H24O3. The topological polar surface area (TPSA) is 35.5 Å². The summed E-state index contributed by atoms with van der Waals surface area (Å²) in [5.41, 5.74) is -0.322. The van der Waals surface area contributed by atoms with E-state index in [1.807, 2.05) is 41.5 Å². The minimum absolute atomic E-state index is 0.00286. The van der Waals surface area contributed by atoms with Crippen molar-refractivity contribution in [1.82, 2.24) is 0 Å². The summed E-state index contributed by atoms with van der Waals surface area (Å²) in [5, 5.41) is 0. The maximum absolute atomic E-state index is 11.5. The molecule has 0 saturated carbocycles. The highest BCUT2D eigenvalue weighted by Gasteiger charge is 2.23. The minimum atomic E-state index is -0.507. The Bertz CT molecular complexity index is 208. The first-order chi connectivity index (χ1) is 6.51. The molecule has 90 valence electrons. The summed E-state index contributed by atoms with van der Waals surface area (Å²) in [6, 6.07) is 0. The van der Waals surface area contributed by atoms with E-state index in [2.05, 4.69) is 0 Å². The Morgan fingerprint density at radius 1 is 1.13 bits per heavy atom. The van der Waals surface area contributed by atoms with Crippen LogP contribution in [0.5, 0.6) is 0 Å². The third-order valence-corrected chi connectivity index (χ3v) is 1.51. The average molecular weight is 216 g/mol. The van der Waals surface area contributed by atoms with Gasteiger partial charge in [-0.2, -0.15) is 0 Å². The number of hydrogen-bond acceptors (Lipinski definition) is 3. The Kier molecular flexibility index (Phi) is 4.78. The van der Waals surface area contributed by atoms with E-state index in [1.165, 1.54) is 0 Å². The van der Waals surface area contributed by atoms with Crippen molar-refractivity contribution in [1.29, 1.82) is 0 Å². The van der Waals surface area contributed by atoms with E-state index in [1.54, 1.807) is 6.92 Å². The second kappa shape index (κ2) is 4.97. The van der Waals surface area contributed by atoms with Gasteiger partial charge in [0.1, 0.15) is 0 Å². The SMILES string of the molecule is CC(OC(C)(C)C)C(=O)OCC(C)(C)C. The Morgan fingerprint density at radius 2 is 1.60 bits per heavy atom. The van der Waals surface area contributed by atoms with Crippen LogP contribution in [-0.4, -0.2) is 24.3 Å². The fraction of sp³-hybridized carbons (Fsp3) is 0.917. The predicted octanol–water partition coefficient (Wildman–Crippen LogP) is 2.78. The molecule has 0 bridgehead atoms. The van der Waals surface area contributed by atoms with E-state index in [9.17, 15) is 4.79 Å². The Morgan fingerprint density at radius 3 is 1.93 bits per heavy atom. The van der Waals surface area contributed by atoms with Crippen LogP contribution in [0, 0.1) is 5.41 Å². The van der Waals surface area contributed by atoms with Gasteiger partial charge >= 0.3 is 5.97 Å². The smallest absolute Gasteiger partial charge is 0.335 e. The molecule has 0 aliphatic heterocycles. The highest BCUT2D eigenvalue weighted by molar-refractivity contribution is 5.74. The van der Waals surface area contributed by atoms with Gasteiger partial charge in [-0.3, -0.25) is 0 Å². The number of carbonyl (C=O) groups is 1. The van der Waals surface area contributed by atoms with E-state index in [-0.39, 0.29) is 17.0 Å². The van der Waals surface area contributed by atoms with Crippen LogP contribution in [-0.2, 0) is 14.3 Å². The van der Waals surface area contributed by atoms with Gasteiger partial charge in [0.15, 0.2) is 6.10 Å². The van der Waals surface area contributed by atoms with Gasteiger partial charge in [-0.25, -0.2) is 4.79 Å². The van der Waals surface area contributed by atoms with Crippen LogP contribution in [0.2, 0.25) is 0 Å². The van der Waals surface area contributed by atoms with Gasteiger partial charge in [0.05, 0.1) is 12.2 Å². The second-order valence-electron chi connectivity index (χ2n) is 6.04. The molecule has 3 nitrogen and oxygen atoms in total. The number of ether oxygens (including phenoxy) is 2. The van der Waals surface area contributed by atoms with Crippen molar-refractivity contribution in [2.45, 2.75) is 60.2 Å². The van der Waals surface area contributed by atoms with Crippen LogP contribution in [0.1, 0.15) is 48.5 Å². The summed E-state index contributed by atoms with van der Waals surface area (Å²) in [6.45, 7) is 14.0. The summed E-state index contributed by atoms with van der Waals surface area (Å²) < 4.78 is 10.6. The first-order valence-electron chi connectivity index (χ1n) is 5.36. The Labute approximate surface area is 93.1 Å².